The largest absolute Gasteiger partial charge is 0.396 e. The van der Waals surface area contributed by atoms with Gasteiger partial charge in [0.1, 0.15) is 0 Å². The van der Waals surface area contributed by atoms with Gasteiger partial charge in [0.25, 0.3) is 0 Å². The predicted octanol–water partition coefficient (Wildman–Crippen LogP) is 3.99. The summed E-state index contributed by atoms with van der Waals surface area (Å²) in [5, 5.41) is 17.1. The summed E-state index contributed by atoms with van der Waals surface area (Å²) >= 11 is 6.57. The number of hydrogen-bond donors (Lipinski definition) is 3. The average molecular weight is 424 g/mol. The maximum atomic E-state index is 9.38. The maximum absolute atomic E-state index is 9.38. The average Bonchev–Trinajstić information content (AvgIpc) is 2.70. The summed E-state index contributed by atoms with van der Waals surface area (Å²) in [7, 11) is 0. The van der Waals surface area contributed by atoms with Gasteiger partial charge in [-0.05, 0) is 56.1 Å². The van der Waals surface area contributed by atoms with Crippen molar-refractivity contribution in [2.75, 3.05) is 39.5 Å². The predicted molar refractivity (Wildman–Crippen MR) is 122 cm³/mol. The van der Waals surface area contributed by atoms with Crippen LogP contribution in [-0.2, 0) is 10.2 Å². The van der Waals surface area contributed by atoms with E-state index in [9.17, 15) is 5.11 Å². The lowest BCUT2D eigenvalue weighted by Gasteiger charge is -2.37. The number of halogens is 1. The molecule has 1 aromatic carbocycles. The molecule has 0 radical (unpaired) electrons. The minimum Gasteiger partial charge on any atom is -0.396 e. The van der Waals surface area contributed by atoms with Crippen molar-refractivity contribution in [3.8, 4) is 0 Å². The van der Waals surface area contributed by atoms with Crippen LogP contribution in [-0.4, -0.2) is 50.5 Å². The van der Waals surface area contributed by atoms with Gasteiger partial charge in [0, 0.05) is 43.3 Å². The summed E-state index contributed by atoms with van der Waals surface area (Å²) in [6.45, 7) is 10.5. The number of benzene rings is 1. The van der Waals surface area contributed by atoms with Crippen LogP contribution in [0.2, 0.25) is 5.02 Å². The van der Waals surface area contributed by atoms with E-state index >= 15 is 0 Å². The number of guanidine groups is 1. The van der Waals surface area contributed by atoms with Crippen LogP contribution in [0.1, 0.15) is 52.0 Å². The fourth-order valence-electron chi connectivity index (χ4n) is 4.13. The van der Waals surface area contributed by atoms with E-state index in [0.717, 1.165) is 63.0 Å². The first kappa shape index (κ1) is 24.0. The number of ether oxygens (including phenoxy) is 1. The SMILES string of the molecule is CCNC(=NCC1(c2ccccc2Cl)CCOCC1)NCC(CCO)CC(C)C. The Morgan fingerprint density at radius 1 is 1.24 bits per heavy atom. The number of nitrogens with zero attached hydrogens (tertiary/aromatic N) is 1. The van der Waals surface area contributed by atoms with E-state index in [1.54, 1.807) is 0 Å². The van der Waals surface area contributed by atoms with E-state index in [-0.39, 0.29) is 12.0 Å². The maximum Gasteiger partial charge on any atom is 0.191 e. The topological polar surface area (TPSA) is 65.9 Å². The zero-order chi connectivity index (χ0) is 21.1. The van der Waals surface area contributed by atoms with Crippen LogP contribution in [0.5, 0.6) is 0 Å². The highest BCUT2D eigenvalue weighted by Gasteiger charge is 2.36. The Hall–Kier alpha value is -1.30. The second-order valence-corrected chi connectivity index (χ2v) is 8.86. The molecule has 164 valence electrons. The number of aliphatic hydroxyl groups is 1. The van der Waals surface area contributed by atoms with Gasteiger partial charge in [0.2, 0.25) is 0 Å². The first-order valence-corrected chi connectivity index (χ1v) is 11.3. The van der Waals surface area contributed by atoms with E-state index in [0.29, 0.717) is 18.4 Å². The van der Waals surface area contributed by atoms with Gasteiger partial charge >= 0.3 is 0 Å². The van der Waals surface area contributed by atoms with Crippen LogP contribution in [0.3, 0.4) is 0 Å². The van der Waals surface area contributed by atoms with Crippen molar-refractivity contribution in [3.05, 3.63) is 34.9 Å². The lowest BCUT2D eigenvalue weighted by Crippen LogP contribution is -2.43. The molecule has 6 heteroatoms. The van der Waals surface area contributed by atoms with Crippen molar-refractivity contribution in [1.82, 2.24) is 10.6 Å². The summed E-state index contributed by atoms with van der Waals surface area (Å²) in [5.74, 6) is 1.88. The Balaban J connectivity index is 2.14. The molecule has 29 heavy (non-hydrogen) atoms. The van der Waals surface area contributed by atoms with Crippen molar-refractivity contribution < 1.29 is 9.84 Å². The molecule has 0 aromatic heterocycles. The van der Waals surface area contributed by atoms with E-state index in [1.165, 1.54) is 5.56 Å². The normalized spacial score (nSPS) is 17.9. The molecule has 1 heterocycles. The minimum absolute atomic E-state index is 0.0959. The first-order chi connectivity index (χ1) is 14.0. The van der Waals surface area contributed by atoms with Gasteiger partial charge in [-0.3, -0.25) is 4.99 Å². The van der Waals surface area contributed by atoms with Crippen LogP contribution in [0, 0.1) is 11.8 Å². The third-order valence-electron chi connectivity index (χ3n) is 5.68. The zero-order valence-electron chi connectivity index (χ0n) is 18.2. The molecule has 0 saturated carbocycles. The van der Waals surface area contributed by atoms with E-state index < -0.39 is 0 Å². The summed E-state index contributed by atoms with van der Waals surface area (Å²) < 4.78 is 5.64. The molecule has 3 N–H and O–H groups in total. The highest BCUT2D eigenvalue weighted by Crippen LogP contribution is 2.38. The van der Waals surface area contributed by atoms with Crippen molar-refractivity contribution in [2.45, 2.75) is 51.9 Å². The molecule has 2 rings (SSSR count). The quantitative estimate of drug-likeness (QED) is 0.393. The fourth-order valence-corrected chi connectivity index (χ4v) is 4.47. The molecule has 1 saturated heterocycles. The lowest BCUT2D eigenvalue weighted by atomic mass is 9.74. The summed E-state index contributed by atoms with van der Waals surface area (Å²) in [6.07, 6.45) is 3.74. The van der Waals surface area contributed by atoms with Gasteiger partial charge in [0.05, 0.1) is 6.54 Å². The Kier molecular flexibility index (Phi) is 10.3. The smallest absolute Gasteiger partial charge is 0.191 e. The van der Waals surface area contributed by atoms with Gasteiger partial charge in [0.15, 0.2) is 5.96 Å². The zero-order valence-corrected chi connectivity index (χ0v) is 19.0. The fraction of sp³-hybridized carbons (Fsp3) is 0.696. The van der Waals surface area contributed by atoms with Crippen LogP contribution in [0.25, 0.3) is 0 Å². The molecule has 0 aliphatic carbocycles. The van der Waals surface area contributed by atoms with Crippen LogP contribution < -0.4 is 10.6 Å². The third-order valence-corrected chi connectivity index (χ3v) is 6.01. The van der Waals surface area contributed by atoms with E-state index in [4.69, 9.17) is 21.3 Å². The molecule has 0 bridgehead atoms. The Labute approximate surface area is 181 Å². The molecule has 5 nitrogen and oxygen atoms in total. The first-order valence-electron chi connectivity index (χ1n) is 11.0. The van der Waals surface area contributed by atoms with Gasteiger partial charge in [-0.2, -0.15) is 0 Å². The second-order valence-electron chi connectivity index (χ2n) is 8.46. The molecule has 1 unspecified atom stereocenters. The Bertz CT molecular complexity index is 630. The molecular weight excluding hydrogens is 386 g/mol. The van der Waals surface area contributed by atoms with Gasteiger partial charge in [-0.15, -0.1) is 0 Å². The summed E-state index contributed by atoms with van der Waals surface area (Å²) in [4.78, 5) is 4.96. The molecule has 1 aliphatic heterocycles. The number of nitrogens with one attached hydrogen (secondary N) is 2. The molecule has 1 atom stereocenters. The Morgan fingerprint density at radius 3 is 2.59 bits per heavy atom. The molecule has 0 spiro atoms. The highest BCUT2D eigenvalue weighted by molar-refractivity contribution is 6.31. The standard InChI is InChI=1S/C23H38ClN3O2/c1-4-25-22(26-16-19(9-12-28)15-18(2)3)27-17-23(10-13-29-14-11-23)20-7-5-6-8-21(20)24/h5-8,18-19,28H,4,9-17H2,1-3H3,(H2,25,26,27). The minimum atomic E-state index is -0.0959. The van der Waals surface area contributed by atoms with E-state index in [1.807, 2.05) is 12.1 Å². The number of aliphatic hydroxyl groups excluding tert-OH is 1. The second kappa shape index (κ2) is 12.4. The summed E-state index contributed by atoms with van der Waals surface area (Å²) in [6, 6.07) is 8.12. The third kappa shape index (κ3) is 7.47. The van der Waals surface area contributed by atoms with Gasteiger partial charge < -0.3 is 20.5 Å². The molecular formula is C23H38ClN3O2. The molecule has 0 amide bonds. The van der Waals surface area contributed by atoms with Crippen LogP contribution in [0.15, 0.2) is 29.3 Å². The van der Waals surface area contributed by atoms with Crippen molar-refractivity contribution in [2.24, 2.45) is 16.8 Å². The van der Waals surface area contributed by atoms with E-state index in [2.05, 4.69) is 43.5 Å². The summed E-state index contributed by atoms with van der Waals surface area (Å²) in [5.41, 5.74) is 1.07. The lowest BCUT2D eigenvalue weighted by molar-refractivity contribution is 0.0531. The molecule has 1 fully saturated rings. The Morgan fingerprint density at radius 2 is 1.97 bits per heavy atom. The van der Waals surface area contributed by atoms with Crippen LogP contribution in [0.4, 0.5) is 0 Å². The van der Waals surface area contributed by atoms with Crippen molar-refractivity contribution in [3.63, 3.8) is 0 Å². The van der Waals surface area contributed by atoms with Crippen LogP contribution >= 0.6 is 11.6 Å². The number of rotatable bonds is 10. The van der Waals surface area contributed by atoms with Gasteiger partial charge in [-0.1, -0.05) is 43.6 Å². The number of hydrogen-bond acceptors (Lipinski definition) is 3. The van der Waals surface area contributed by atoms with Gasteiger partial charge in [-0.25, -0.2) is 0 Å². The van der Waals surface area contributed by atoms with Crippen molar-refractivity contribution in [1.29, 1.82) is 0 Å². The highest BCUT2D eigenvalue weighted by atomic mass is 35.5. The molecule has 1 aliphatic rings. The molecule has 1 aromatic rings. The number of aliphatic imine (C=N–C) groups is 1. The van der Waals surface area contributed by atoms with Crippen molar-refractivity contribution >= 4 is 17.6 Å². The monoisotopic (exact) mass is 423 g/mol.